The van der Waals surface area contributed by atoms with Crippen molar-refractivity contribution in [3.05, 3.63) is 71.8 Å². The van der Waals surface area contributed by atoms with Crippen LogP contribution in [-0.4, -0.2) is 16.0 Å². The van der Waals surface area contributed by atoms with Gasteiger partial charge in [0.2, 0.25) is 0 Å². The largest absolute Gasteiger partial charge is 0.365 e. The highest BCUT2D eigenvalue weighted by atomic mass is 16.5. The van der Waals surface area contributed by atoms with Crippen molar-refractivity contribution in [1.29, 1.82) is 0 Å². The second-order valence-electron chi connectivity index (χ2n) is 7.78. The van der Waals surface area contributed by atoms with E-state index in [1.165, 1.54) is 25.7 Å². The number of benzene rings is 2. The minimum atomic E-state index is -1.76. The second-order valence-corrected chi connectivity index (χ2v) is 7.78. The molecular formula is C24H32O2. The Kier molecular flexibility index (Phi) is 6.50. The van der Waals surface area contributed by atoms with Crippen molar-refractivity contribution in [2.75, 3.05) is 0 Å². The van der Waals surface area contributed by atoms with Gasteiger partial charge in [0.15, 0.2) is 5.79 Å². The van der Waals surface area contributed by atoms with Crippen LogP contribution in [0.1, 0.15) is 75.3 Å². The van der Waals surface area contributed by atoms with Crippen LogP contribution in [0.2, 0.25) is 0 Å². The molecule has 3 rings (SSSR count). The van der Waals surface area contributed by atoms with Crippen molar-refractivity contribution in [3.63, 3.8) is 0 Å². The molecule has 140 valence electrons. The van der Waals surface area contributed by atoms with E-state index in [0.29, 0.717) is 6.42 Å². The van der Waals surface area contributed by atoms with Crippen LogP contribution in [0.3, 0.4) is 0 Å². The van der Waals surface area contributed by atoms with Gasteiger partial charge in [-0.15, -0.1) is 0 Å². The summed E-state index contributed by atoms with van der Waals surface area (Å²) < 4.78 is 0. The van der Waals surface area contributed by atoms with Crippen LogP contribution >= 0.6 is 0 Å². The van der Waals surface area contributed by atoms with Gasteiger partial charge in [0.1, 0.15) is 0 Å². The van der Waals surface area contributed by atoms with Crippen LogP contribution in [0, 0.1) is 0 Å². The topological polar surface area (TPSA) is 40.5 Å². The Morgan fingerprint density at radius 2 is 0.885 bits per heavy atom. The Hall–Kier alpha value is -1.64. The van der Waals surface area contributed by atoms with Crippen molar-refractivity contribution in [1.82, 2.24) is 0 Å². The molecule has 1 aliphatic carbocycles. The van der Waals surface area contributed by atoms with Gasteiger partial charge in [-0.1, -0.05) is 106 Å². The third kappa shape index (κ3) is 4.02. The molecule has 2 N–H and O–H groups in total. The number of aliphatic hydroxyl groups is 2. The lowest BCUT2D eigenvalue weighted by Crippen LogP contribution is -2.52. The molecule has 0 amide bonds. The SMILES string of the molecule is OC1(O)CCCCCCCCCCC1(c1ccccc1)c1ccccc1. The third-order valence-corrected chi connectivity index (χ3v) is 6.04. The van der Waals surface area contributed by atoms with E-state index in [9.17, 15) is 10.2 Å². The molecule has 2 nitrogen and oxygen atoms in total. The maximum Gasteiger partial charge on any atom is 0.176 e. The summed E-state index contributed by atoms with van der Waals surface area (Å²) in [5, 5.41) is 22.9. The molecule has 2 heteroatoms. The number of hydrogen-bond acceptors (Lipinski definition) is 2. The van der Waals surface area contributed by atoms with E-state index in [0.717, 1.165) is 43.2 Å². The molecule has 0 spiro atoms. The molecule has 26 heavy (non-hydrogen) atoms. The van der Waals surface area contributed by atoms with E-state index in [2.05, 4.69) is 24.3 Å². The van der Waals surface area contributed by atoms with Crippen LogP contribution in [0.5, 0.6) is 0 Å². The first-order valence-electron chi connectivity index (χ1n) is 10.2. The van der Waals surface area contributed by atoms with Gasteiger partial charge in [-0.25, -0.2) is 0 Å². The molecular weight excluding hydrogens is 320 g/mol. The zero-order valence-corrected chi connectivity index (χ0v) is 15.7. The lowest BCUT2D eigenvalue weighted by molar-refractivity contribution is -0.211. The zero-order chi connectivity index (χ0) is 18.3. The predicted molar refractivity (Wildman–Crippen MR) is 107 cm³/mol. The maximum absolute atomic E-state index is 11.4. The van der Waals surface area contributed by atoms with Crippen LogP contribution in [0.4, 0.5) is 0 Å². The van der Waals surface area contributed by atoms with E-state index in [4.69, 9.17) is 0 Å². The molecule has 1 fully saturated rings. The Bertz CT molecular complexity index is 609. The van der Waals surface area contributed by atoms with E-state index in [-0.39, 0.29) is 0 Å². The fourth-order valence-electron chi connectivity index (χ4n) is 4.60. The summed E-state index contributed by atoms with van der Waals surface area (Å²) in [5.41, 5.74) is 1.23. The summed E-state index contributed by atoms with van der Waals surface area (Å²) in [6, 6.07) is 20.2. The highest BCUT2D eigenvalue weighted by molar-refractivity contribution is 5.42. The summed E-state index contributed by atoms with van der Waals surface area (Å²) in [5.74, 6) is -1.76. The van der Waals surface area contributed by atoms with Gasteiger partial charge < -0.3 is 10.2 Å². The molecule has 1 saturated carbocycles. The molecule has 0 radical (unpaired) electrons. The molecule has 0 saturated heterocycles. The van der Waals surface area contributed by atoms with Crippen LogP contribution in [0.15, 0.2) is 60.7 Å². The monoisotopic (exact) mass is 352 g/mol. The highest BCUT2D eigenvalue weighted by Crippen LogP contribution is 2.47. The number of hydrogen-bond donors (Lipinski definition) is 2. The minimum Gasteiger partial charge on any atom is -0.365 e. The molecule has 0 aromatic heterocycles. The van der Waals surface area contributed by atoms with Gasteiger partial charge in [0.25, 0.3) is 0 Å². The normalized spacial score (nSPS) is 21.3. The Morgan fingerprint density at radius 3 is 1.35 bits per heavy atom. The average molecular weight is 353 g/mol. The van der Waals surface area contributed by atoms with Crippen molar-refractivity contribution in [2.45, 2.75) is 75.4 Å². The first kappa shape index (κ1) is 19.1. The van der Waals surface area contributed by atoms with Crippen molar-refractivity contribution < 1.29 is 10.2 Å². The fraction of sp³-hybridized carbons (Fsp3) is 0.500. The molecule has 0 unspecified atom stereocenters. The van der Waals surface area contributed by atoms with E-state index >= 15 is 0 Å². The molecule has 2 aromatic carbocycles. The van der Waals surface area contributed by atoms with Crippen LogP contribution < -0.4 is 0 Å². The Balaban J connectivity index is 2.09. The summed E-state index contributed by atoms with van der Waals surface area (Å²) >= 11 is 0. The van der Waals surface area contributed by atoms with Crippen molar-refractivity contribution >= 4 is 0 Å². The van der Waals surface area contributed by atoms with E-state index in [1.807, 2.05) is 36.4 Å². The fourth-order valence-corrected chi connectivity index (χ4v) is 4.60. The molecule has 0 atom stereocenters. The van der Waals surface area contributed by atoms with Gasteiger partial charge >= 0.3 is 0 Å². The average Bonchev–Trinajstić information content (AvgIpc) is 2.66. The summed E-state index contributed by atoms with van der Waals surface area (Å²) in [6.45, 7) is 0. The molecule has 0 heterocycles. The van der Waals surface area contributed by atoms with Crippen molar-refractivity contribution in [2.24, 2.45) is 0 Å². The molecule has 0 aliphatic heterocycles. The smallest absolute Gasteiger partial charge is 0.176 e. The van der Waals surface area contributed by atoms with E-state index in [1.54, 1.807) is 0 Å². The van der Waals surface area contributed by atoms with Gasteiger partial charge in [-0.2, -0.15) is 0 Å². The Labute approximate surface area is 157 Å². The lowest BCUT2D eigenvalue weighted by atomic mass is 9.64. The summed E-state index contributed by atoms with van der Waals surface area (Å²) in [4.78, 5) is 0. The standard InChI is InChI=1S/C24H32O2/c25-24(26)20-14-6-4-2-1-3-5-13-19-23(24,21-15-9-7-10-16-21)22-17-11-8-12-18-22/h7-12,15-18,25-26H,1-6,13-14,19-20H2. The zero-order valence-electron chi connectivity index (χ0n) is 15.7. The second kappa shape index (κ2) is 8.83. The first-order valence-corrected chi connectivity index (χ1v) is 10.2. The molecule has 0 bridgehead atoms. The van der Waals surface area contributed by atoms with E-state index < -0.39 is 11.2 Å². The summed E-state index contributed by atoms with van der Waals surface area (Å²) in [6.07, 6.45) is 10.3. The highest BCUT2D eigenvalue weighted by Gasteiger charge is 2.50. The predicted octanol–water partition coefficient (Wildman–Crippen LogP) is 5.57. The maximum atomic E-state index is 11.4. The van der Waals surface area contributed by atoms with Crippen LogP contribution in [-0.2, 0) is 5.41 Å². The van der Waals surface area contributed by atoms with Gasteiger partial charge in [0, 0.05) is 6.42 Å². The minimum absolute atomic E-state index is 0.413. The summed E-state index contributed by atoms with van der Waals surface area (Å²) in [7, 11) is 0. The van der Waals surface area contributed by atoms with Gasteiger partial charge in [-0.3, -0.25) is 0 Å². The molecule has 2 aromatic rings. The first-order chi connectivity index (χ1) is 12.7. The molecule has 1 aliphatic rings. The van der Waals surface area contributed by atoms with Crippen LogP contribution in [0.25, 0.3) is 0 Å². The number of rotatable bonds is 2. The van der Waals surface area contributed by atoms with Gasteiger partial charge in [0.05, 0.1) is 5.41 Å². The van der Waals surface area contributed by atoms with Crippen molar-refractivity contribution in [3.8, 4) is 0 Å². The van der Waals surface area contributed by atoms with Gasteiger partial charge in [-0.05, 0) is 24.0 Å². The quantitative estimate of drug-likeness (QED) is 0.694. The lowest BCUT2D eigenvalue weighted by Gasteiger charge is -2.45. The third-order valence-electron chi connectivity index (χ3n) is 6.04. The Morgan fingerprint density at radius 1 is 0.500 bits per heavy atom.